The Balaban J connectivity index is 1.68. The van der Waals surface area contributed by atoms with E-state index in [1.54, 1.807) is 24.3 Å². The van der Waals surface area contributed by atoms with Crippen molar-refractivity contribution >= 4 is 5.91 Å². The van der Waals surface area contributed by atoms with E-state index in [2.05, 4.69) is 18.8 Å². The van der Waals surface area contributed by atoms with Crippen LogP contribution in [0.2, 0.25) is 0 Å². The number of nitrogens with one attached hydrogen (secondary N) is 1. The van der Waals surface area contributed by atoms with Gasteiger partial charge in [0.25, 0.3) is 0 Å². The first-order valence-corrected chi connectivity index (χ1v) is 9.27. The molecule has 0 saturated heterocycles. The maximum atomic E-state index is 14.6. The molecule has 3 N–H and O–H groups in total. The first kappa shape index (κ1) is 19.1. The molecule has 0 heterocycles. The Labute approximate surface area is 159 Å². The standard InChI is InChI=1S/C23H25FN2O/c1-3-15-11-21(12-16(15)4-2)26-14-20-9-8-18(13-22(20)24)17-6-5-7-19(10-17)23(25)27/h3,5-10,13,21,26H,1,4,11-12,14H2,2H3,(H2,25,27). The molecule has 1 amide bonds. The minimum Gasteiger partial charge on any atom is -0.366 e. The summed E-state index contributed by atoms with van der Waals surface area (Å²) in [4.78, 5) is 11.3. The molecule has 0 saturated carbocycles. The molecule has 0 radical (unpaired) electrons. The van der Waals surface area contributed by atoms with Crippen molar-refractivity contribution < 1.29 is 9.18 Å². The lowest BCUT2D eigenvalue weighted by Crippen LogP contribution is -2.26. The number of hydrogen-bond donors (Lipinski definition) is 2. The minimum atomic E-state index is -0.492. The molecular formula is C23H25FN2O. The van der Waals surface area contributed by atoms with Gasteiger partial charge in [0.15, 0.2) is 0 Å². The molecule has 0 aliphatic heterocycles. The van der Waals surface area contributed by atoms with Gasteiger partial charge >= 0.3 is 0 Å². The van der Waals surface area contributed by atoms with Gasteiger partial charge in [-0.1, -0.05) is 49.4 Å². The van der Waals surface area contributed by atoms with Crippen molar-refractivity contribution in [1.29, 1.82) is 0 Å². The van der Waals surface area contributed by atoms with Crippen LogP contribution in [0.1, 0.15) is 42.1 Å². The Kier molecular flexibility index (Phi) is 5.87. The van der Waals surface area contributed by atoms with Crippen molar-refractivity contribution in [2.75, 3.05) is 0 Å². The zero-order valence-corrected chi connectivity index (χ0v) is 15.6. The number of halogens is 1. The number of allylic oxidation sites excluding steroid dienone is 1. The fourth-order valence-corrected chi connectivity index (χ4v) is 3.63. The molecular weight excluding hydrogens is 339 g/mol. The maximum absolute atomic E-state index is 14.6. The fourth-order valence-electron chi connectivity index (χ4n) is 3.63. The van der Waals surface area contributed by atoms with Crippen LogP contribution in [0.15, 0.2) is 66.3 Å². The molecule has 27 heavy (non-hydrogen) atoms. The van der Waals surface area contributed by atoms with Gasteiger partial charge in [-0.3, -0.25) is 4.79 Å². The number of carbonyl (C=O) groups is 1. The van der Waals surface area contributed by atoms with Crippen molar-refractivity contribution in [2.45, 2.75) is 38.8 Å². The summed E-state index contributed by atoms with van der Waals surface area (Å²) in [6, 6.07) is 12.4. The van der Waals surface area contributed by atoms with Crippen molar-refractivity contribution in [3.8, 4) is 11.1 Å². The molecule has 0 bridgehead atoms. The average Bonchev–Trinajstić information content (AvgIpc) is 3.09. The molecule has 0 spiro atoms. The van der Waals surface area contributed by atoms with Gasteiger partial charge in [-0.2, -0.15) is 0 Å². The molecule has 4 heteroatoms. The highest BCUT2D eigenvalue weighted by atomic mass is 19.1. The van der Waals surface area contributed by atoms with Crippen LogP contribution in [0.4, 0.5) is 4.39 Å². The summed E-state index contributed by atoms with van der Waals surface area (Å²) in [5.41, 5.74) is 10.6. The quantitative estimate of drug-likeness (QED) is 0.746. The van der Waals surface area contributed by atoms with E-state index in [9.17, 15) is 9.18 Å². The Bertz CT molecular complexity index is 901. The summed E-state index contributed by atoms with van der Waals surface area (Å²) in [5, 5.41) is 3.46. The third-order valence-electron chi connectivity index (χ3n) is 5.20. The third kappa shape index (κ3) is 4.34. The topological polar surface area (TPSA) is 55.1 Å². The van der Waals surface area contributed by atoms with Gasteiger partial charge in [0.1, 0.15) is 5.82 Å². The smallest absolute Gasteiger partial charge is 0.248 e. The van der Waals surface area contributed by atoms with Crippen LogP contribution in [0.5, 0.6) is 0 Å². The highest BCUT2D eigenvalue weighted by Crippen LogP contribution is 2.30. The Morgan fingerprint density at radius 3 is 2.67 bits per heavy atom. The number of carbonyl (C=O) groups excluding carboxylic acids is 1. The fraction of sp³-hybridized carbons (Fsp3) is 0.261. The second-order valence-corrected chi connectivity index (χ2v) is 6.92. The SMILES string of the molecule is C=CC1=C(CC)CC(NCc2ccc(-c3cccc(C(N)=O)c3)cc2F)C1. The van der Waals surface area contributed by atoms with Crippen LogP contribution >= 0.6 is 0 Å². The van der Waals surface area contributed by atoms with E-state index < -0.39 is 5.91 Å². The second-order valence-electron chi connectivity index (χ2n) is 6.92. The molecule has 1 aliphatic carbocycles. The lowest BCUT2D eigenvalue weighted by Gasteiger charge is -2.14. The monoisotopic (exact) mass is 364 g/mol. The van der Waals surface area contributed by atoms with Crippen molar-refractivity contribution in [3.05, 3.63) is 83.2 Å². The van der Waals surface area contributed by atoms with Crippen LogP contribution in [0.3, 0.4) is 0 Å². The zero-order chi connectivity index (χ0) is 19.4. The van der Waals surface area contributed by atoms with Gasteiger partial charge in [-0.15, -0.1) is 0 Å². The molecule has 140 valence electrons. The van der Waals surface area contributed by atoms with Gasteiger partial charge in [-0.25, -0.2) is 4.39 Å². The predicted octanol–water partition coefficient (Wildman–Crippen LogP) is 4.74. The van der Waals surface area contributed by atoms with Gasteiger partial charge in [0.05, 0.1) is 0 Å². The van der Waals surface area contributed by atoms with Crippen molar-refractivity contribution in [1.82, 2.24) is 5.32 Å². The predicted molar refractivity (Wildman–Crippen MR) is 108 cm³/mol. The van der Waals surface area contributed by atoms with Crippen LogP contribution < -0.4 is 11.1 Å². The maximum Gasteiger partial charge on any atom is 0.248 e. The van der Waals surface area contributed by atoms with E-state index in [-0.39, 0.29) is 5.82 Å². The highest BCUT2D eigenvalue weighted by molar-refractivity contribution is 5.94. The van der Waals surface area contributed by atoms with Gasteiger partial charge < -0.3 is 11.1 Å². The average molecular weight is 364 g/mol. The number of amides is 1. The van der Waals surface area contributed by atoms with E-state index >= 15 is 0 Å². The first-order chi connectivity index (χ1) is 13.0. The molecule has 1 unspecified atom stereocenters. The lowest BCUT2D eigenvalue weighted by molar-refractivity contribution is 0.100. The molecule has 0 aromatic heterocycles. The normalized spacial score (nSPS) is 16.6. The summed E-state index contributed by atoms with van der Waals surface area (Å²) in [6.45, 7) is 6.53. The number of primary amides is 1. The summed E-state index contributed by atoms with van der Waals surface area (Å²) < 4.78 is 14.6. The number of hydrogen-bond acceptors (Lipinski definition) is 2. The van der Waals surface area contributed by atoms with E-state index in [0.717, 1.165) is 30.4 Å². The van der Waals surface area contributed by atoms with Gasteiger partial charge in [-0.05, 0) is 54.2 Å². The minimum absolute atomic E-state index is 0.255. The second kappa shape index (κ2) is 8.31. The van der Waals surface area contributed by atoms with Crippen LogP contribution in [-0.2, 0) is 6.54 Å². The summed E-state index contributed by atoms with van der Waals surface area (Å²) in [7, 11) is 0. The van der Waals surface area contributed by atoms with Gasteiger partial charge in [0, 0.05) is 23.7 Å². The van der Waals surface area contributed by atoms with E-state index in [0.29, 0.717) is 23.7 Å². The lowest BCUT2D eigenvalue weighted by atomic mass is 10.0. The Hall–Kier alpha value is -2.72. The Morgan fingerprint density at radius 2 is 2.04 bits per heavy atom. The summed E-state index contributed by atoms with van der Waals surface area (Å²) in [5.74, 6) is -0.747. The molecule has 2 aromatic carbocycles. The molecule has 1 aliphatic rings. The van der Waals surface area contributed by atoms with Gasteiger partial charge in [0.2, 0.25) is 5.91 Å². The third-order valence-corrected chi connectivity index (χ3v) is 5.20. The van der Waals surface area contributed by atoms with Crippen LogP contribution in [-0.4, -0.2) is 11.9 Å². The summed E-state index contributed by atoms with van der Waals surface area (Å²) in [6.07, 6.45) is 4.92. The zero-order valence-electron chi connectivity index (χ0n) is 15.6. The molecule has 3 rings (SSSR count). The van der Waals surface area contributed by atoms with Crippen LogP contribution in [0.25, 0.3) is 11.1 Å². The number of benzene rings is 2. The molecule has 1 atom stereocenters. The van der Waals surface area contributed by atoms with E-state index in [1.807, 2.05) is 18.2 Å². The van der Waals surface area contributed by atoms with E-state index in [1.165, 1.54) is 17.2 Å². The largest absolute Gasteiger partial charge is 0.366 e. The molecule has 2 aromatic rings. The van der Waals surface area contributed by atoms with Crippen LogP contribution in [0, 0.1) is 5.82 Å². The molecule has 3 nitrogen and oxygen atoms in total. The number of nitrogens with two attached hydrogens (primary N) is 1. The van der Waals surface area contributed by atoms with Crippen molar-refractivity contribution in [3.63, 3.8) is 0 Å². The number of rotatable bonds is 7. The van der Waals surface area contributed by atoms with E-state index in [4.69, 9.17) is 5.73 Å². The summed E-state index contributed by atoms with van der Waals surface area (Å²) >= 11 is 0. The Morgan fingerprint density at radius 1 is 1.26 bits per heavy atom. The molecule has 0 fully saturated rings. The van der Waals surface area contributed by atoms with Crippen molar-refractivity contribution in [2.24, 2.45) is 5.73 Å². The highest BCUT2D eigenvalue weighted by Gasteiger charge is 2.21. The first-order valence-electron chi connectivity index (χ1n) is 9.27.